The molecule has 1 aliphatic rings. The average molecular weight is 380 g/mol. The summed E-state index contributed by atoms with van der Waals surface area (Å²) in [6.45, 7) is 4.44. The van der Waals surface area contributed by atoms with E-state index in [1.165, 1.54) is 5.56 Å². The van der Waals surface area contributed by atoms with Crippen molar-refractivity contribution in [2.45, 2.75) is 13.1 Å². The molecule has 1 aromatic carbocycles. The zero-order valence-corrected chi connectivity index (χ0v) is 16.0. The lowest BCUT2D eigenvalue weighted by molar-refractivity contribution is 0.0595. The monoisotopic (exact) mass is 380 g/mol. The molecule has 3 heterocycles. The summed E-state index contributed by atoms with van der Waals surface area (Å²) in [5.41, 5.74) is 1.22. The minimum absolute atomic E-state index is 0.0484. The lowest BCUT2D eigenvalue weighted by atomic mass is 10.2. The van der Waals surface area contributed by atoms with E-state index in [1.807, 2.05) is 35.4 Å². The fourth-order valence-electron chi connectivity index (χ4n) is 3.43. The molecule has 0 unspecified atom stereocenters. The zero-order chi connectivity index (χ0) is 19.3. The Balaban J connectivity index is 1.31. The summed E-state index contributed by atoms with van der Waals surface area (Å²) in [4.78, 5) is 16.9. The number of hydrogen-bond acceptors (Lipinski definition) is 5. The van der Waals surface area contributed by atoms with Gasteiger partial charge in [0, 0.05) is 45.1 Å². The Kier molecular flexibility index (Phi) is 5.43. The van der Waals surface area contributed by atoms with E-state index in [1.54, 1.807) is 24.1 Å². The second-order valence-corrected chi connectivity index (χ2v) is 6.89. The van der Waals surface area contributed by atoms with Gasteiger partial charge < -0.3 is 14.1 Å². The van der Waals surface area contributed by atoms with Gasteiger partial charge in [-0.3, -0.25) is 14.4 Å². The maximum Gasteiger partial charge on any atom is 0.289 e. The molecular formula is C21H24N4O3. The minimum Gasteiger partial charge on any atom is -0.497 e. The number of hydrogen-bond donors (Lipinski definition) is 0. The van der Waals surface area contributed by atoms with Gasteiger partial charge in [0.1, 0.15) is 11.5 Å². The van der Waals surface area contributed by atoms with Crippen molar-refractivity contribution >= 4 is 5.91 Å². The molecule has 1 amide bonds. The van der Waals surface area contributed by atoms with Crippen LogP contribution in [0.5, 0.6) is 5.75 Å². The molecule has 0 radical (unpaired) electrons. The molecule has 7 heteroatoms. The molecule has 146 valence electrons. The van der Waals surface area contributed by atoms with Crippen LogP contribution in [-0.4, -0.2) is 58.8 Å². The predicted octanol–water partition coefficient (Wildman–Crippen LogP) is 2.49. The highest BCUT2D eigenvalue weighted by molar-refractivity contribution is 5.91. The SMILES string of the molecule is COc1cccc(CN2CCN(C(=O)c3ccc(Cn4cccn4)o3)CC2)c1. The Morgan fingerprint density at radius 1 is 1.11 bits per heavy atom. The third kappa shape index (κ3) is 4.26. The van der Waals surface area contributed by atoms with Crippen molar-refractivity contribution in [2.75, 3.05) is 33.3 Å². The van der Waals surface area contributed by atoms with Crippen LogP contribution < -0.4 is 4.74 Å². The molecule has 0 saturated carbocycles. The lowest BCUT2D eigenvalue weighted by Crippen LogP contribution is -2.48. The van der Waals surface area contributed by atoms with Crippen molar-refractivity contribution in [3.05, 3.63) is 71.9 Å². The third-order valence-electron chi connectivity index (χ3n) is 4.95. The van der Waals surface area contributed by atoms with Crippen LogP contribution in [0.3, 0.4) is 0 Å². The molecule has 1 saturated heterocycles. The highest BCUT2D eigenvalue weighted by atomic mass is 16.5. The van der Waals surface area contributed by atoms with Gasteiger partial charge in [0.2, 0.25) is 0 Å². The fraction of sp³-hybridized carbons (Fsp3) is 0.333. The third-order valence-corrected chi connectivity index (χ3v) is 4.95. The van der Waals surface area contributed by atoms with E-state index in [2.05, 4.69) is 22.1 Å². The van der Waals surface area contributed by atoms with Gasteiger partial charge in [-0.05, 0) is 35.9 Å². The van der Waals surface area contributed by atoms with Gasteiger partial charge in [-0.25, -0.2) is 0 Å². The number of methoxy groups -OCH3 is 1. The number of carbonyl (C=O) groups is 1. The molecule has 0 aliphatic carbocycles. The Hall–Kier alpha value is -3.06. The number of rotatable bonds is 6. The number of piperazine rings is 1. The van der Waals surface area contributed by atoms with Crippen LogP contribution in [0.15, 0.2) is 59.3 Å². The molecule has 0 spiro atoms. The first kappa shape index (κ1) is 18.3. The molecule has 0 bridgehead atoms. The molecule has 28 heavy (non-hydrogen) atoms. The molecule has 4 rings (SSSR count). The van der Waals surface area contributed by atoms with Crippen molar-refractivity contribution in [1.29, 1.82) is 0 Å². The Morgan fingerprint density at radius 2 is 1.96 bits per heavy atom. The van der Waals surface area contributed by atoms with Crippen molar-refractivity contribution in [3.63, 3.8) is 0 Å². The number of furan rings is 1. The van der Waals surface area contributed by atoms with Crippen LogP contribution in [0.1, 0.15) is 21.9 Å². The normalized spacial score (nSPS) is 15.0. The number of aromatic nitrogens is 2. The standard InChI is InChI=1S/C21H24N4O3/c1-27-18-5-2-4-17(14-18)15-23-10-12-24(13-11-23)21(26)20-7-6-19(28-20)16-25-9-3-8-22-25/h2-9,14H,10-13,15-16H2,1H3. The van der Waals surface area contributed by atoms with Crippen LogP contribution in [0, 0.1) is 0 Å². The fourth-order valence-corrected chi connectivity index (χ4v) is 3.43. The molecule has 3 aromatic rings. The largest absolute Gasteiger partial charge is 0.497 e. The molecule has 0 N–H and O–H groups in total. The van der Waals surface area contributed by atoms with E-state index in [9.17, 15) is 4.79 Å². The molecular weight excluding hydrogens is 356 g/mol. The first-order valence-corrected chi connectivity index (χ1v) is 9.42. The van der Waals surface area contributed by atoms with Crippen LogP contribution in [0.25, 0.3) is 0 Å². The summed E-state index contributed by atoms with van der Waals surface area (Å²) in [6.07, 6.45) is 3.59. The number of ether oxygens (including phenoxy) is 1. The van der Waals surface area contributed by atoms with Crippen LogP contribution in [-0.2, 0) is 13.1 Å². The summed E-state index contributed by atoms with van der Waals surface area (Å²) in [6, 6.07) is 13.6. The van der Waals surface area contributed by atoms with Gasteiger partial charge in [-0.2, -0.15) is 5.10 Å². The number of benzene rings is 1. The van der Waals surface area contributed by atoms with Crippen LogP contribution >= 0.6 is 0 Å². The summed E-state index contributed by atoms with van der Waals surface area (Å²) < 4.78 is 12.8. The van der Waals surface area contributed by atoms with E-state index in [0.29, 0.717) is 25.4 Å². The molecule has 7 nitrogen and oxygen atoms in total. The molecule has 0 atom stereocenters. The van der Waals surface area contributed by atoms with Crippen LogP contribution in [0.2, 0.25) is 0 Å². The summed E-state index contributed by atoms with van der Waals surface area (Å²) >= 11 is 0. The van der Waals surface area contributed by atoms with E-state index in [-0.39, 0.29) is 5.91 Å². The number of nitrogens with zero attached hydrogens (tertiary/aromatic N) is 4. The van der Waals surface area contributed by atoms with E-state index in [0.717, 1.165) is 31.1 Å². The summed E-state index contributed by atoms with van der Waals surface area (Å²) in [7, 11) is 1.68. The molecule has 2 aromatic heterocycles. The maximum atomic E-state index is 12.7. The first-order valence-electron chi connectivity index (χ1n) is 9.42. The Labute approximate surface area is 164 Å². The van der Waals surface area contributed by atoms with Crippen LogP contribution in [0.4, 0.5) is 0 Å². The van der Waals surface area contributed by atoms with E-state index >= 15 is 0 Å². The second kappa shape index (κ2) is 8.31. The second-order valence-electron chi connectivity index (χ2n) is 6.89. The van der Waals surface area contributed by atoms with E-state index < -0.39 is 0 Å². The Bertz CT molecular complexity index is 911. The first-order chi connectivity index (χ1) is 13.7. The maximum absolute atomic E-state index is 12.7. The van der Waals surface area contributed by atoms with E-state index in [4.69, 9.17) is 9.15 Å². The Morgan fingerprint density at radius 3 is 2.71 bits per heavy atom. The predicted molar refractivity (Wildman–Crippen MR) is 104 cm³/mol. The molecule has 1 fully saturated rings. The van der Waals surface area contributed by atoms with Gasteiger partial charge in [0.05, 0.1) is 13.7 Å². The lowest BCUT2D eigenvalue weighted by Gasteiger charge is -2.34. The van der Waals surface area contributed by atoms with Gasteiger partial charge >= 0.3 is 0 Å². The van der Waals surface area contributed by atoms with Crippen molar-refractivity contribution in [3.8, 4) is 5.75 Å². The summed E-state index contributed by atoms with van der Waals surface area (Å²) in [5, 5.41) is 4.16. The van der Waals surface area contributed by atoms with Crippen molar-refractivity contribution in [1.82, 2.24) is 19.6 Å². The summed E-state index contributed by atoms with van der Waals surface area (Å²) in [5.74, 6) is 1.94. The minimum atomic E-state index is -0.0484. The number of amides is 1. The topological polar surface area (TPSA) is 63.7 Å². The smallest absolute Gasteiger partial charge is 0.289 e. The molecule has 1 aliphatic heterocycles. The van der Waals surface area contributed by atoms with Gasteiger partial charge in [-0.1, -0.05) is 12.1 Å². The van der Waals surface area contributed by atoms with Gasteiger partial charge in [0.15, 0.2) is 5.76 Å². The van der Waals surface area contributed by atoms with Crippen molar-refractivity contribution < 1.29 is 13.9 Å². The van der Waals surface area contributed by atoms with Gasteiger partial charge in [0.25, 0.3) is 5.91 Å². The van der Waals surface area contributed by atoms with Gasteiger partial charge in [-0.15, -0.1) is 0 Å². The number of carbonyl (C=O) groups excluding carboxylic acids is 1. The van der Waals surface area contributed by atoms with Crippen molar-refractivity contribution in [2.24, 2.45) is 0 Å². The zero-order valence-electron chi connectivity index (χ0n) is 16.0. The highest BCUT2D eigenvalue weighted by Gasteiger charge is 2.24. The average Bonchev–Trinajstić information content (AvgIpc) is 3.41. The quantitative estimate of drug-likeness (QED) is 0.657. The highest BCUT2D eigenvalue weighted by Crippen LogP contribution is 2.17.